The third-order valence-electron chi connectivity index (χ3n) is 0.143. The van der Waals surface area contributed by atoms with E-state index in [1.807, 2.05) is 0 Å². The fourth-order valence-electron chi connectivity index (χ4n) is 0. The van der Waals surface area contributed by atoms with Gasteiger partial charge in [-0.15, -0.1) is 0 Å². The summed E-state index contributed by atoms with van der Waals surface area (Å²) in [5, 5.41) is 0. The molecule has 0 bridgehead atoms. The third-order valence-corrected chi connectivity index (χ3v) is 0.143. The van der Waals surface area contributed by atoms with Crippen LogP contribution in [0.25, 0.3) is 0 Å². The summed E-state index contributed by atoms with van der Waals surface area (Å²) in [5.41, 5.74) is 0. The van der Waals surface area contributed by atoms with Gasteiger partial charge in [-0.1, -0.05) is 0 Å². The second-order valence-electron chi connectivity index (χ2n) is 0.929. The normalized spacial score (nSPS) is 8.83. The minimum absolute atomic E-state index is 0. The molecule has 0 saturated heterocycles. The smallest absolute Gasteiger partial charge is 0.759 e. The van der Waals surface area contributed by atoms with Crippen LogP contribution in [0.1, 0.15) is 0 Å². The quantitative estimate of drug-likeness (QED) is 0.276. The minimum atomic E-state index is -5.17. The third kappa shape index (κ3) is 44.5. The van der Waals surface area contributed by atoms with Crippen LogP contribution in [0.5, 0.6) is 0 Å². The Labute approximate surface area is 105 Å². The van der Waals surface area contributed by atoms with Gasteiger partial charge in [-0.3, -0.25) is 8.42 Å². The molecule has 0 atom stereocenters. The van der Waals surface area contributed by atoms with Gasteiger partial charge in [-0.25, -0.2) is 0 Å². The molecule has 12 heavy (non-hydrogen) atoms. The number of rotatable bonds is 0. The Bertz CT molecular complexity index is 209. The molecule has 0 rings (SSSR count). The molecule has 0 aliphatic rings. The second-order valence-corrected chi connectivity index (χ2v) is 1.75. The first-order valence-electron chi connectivity index (χ1n) is 1.67. The van der Waals surface area contributed by atoms with Crippen molar-refractivity contribution in [3.05, 3.63) is 12.2 Å². The van der Waals surface area contributed by atoms with Crippen LogP contribution in [0.3, 0.4) is 0 Å². The molecular formula is C2BaF4O4S. The van der Waals surface area contributed by atoms with Crippen molar-refractivity contribution >= 4 is 59.3 Å². The van der Waals surface area contributed by atoms with Gasteiger partial charge in [0.25, 0.3) is 0 Å². The number of halogens is 4. The summed E-state index contributed by atoms with van der Waals surface area (Å²) in [5.74, 6) is 0. The summed E-state index contributed by atoms with van der Waals surface area (Å²) in [6.45, 7) is 0. The van der Waals surface area contributed by atoms with Crippen molar-refractivity contribution in [3.8, 4) is 0 Å². The Balaban J connectivity index is -0.000000126. The molecule has 0 heterocycles. The van der Waals surface area contributed by atoms with Gasteiger partial charge in [0.15, 0.2) is 0 Å². The van der Waals surface area contributed by atoms with E-state index in [9.17, 15) is 17.6 Å². The van der Waals surface area contributed by atoms with Gasteiger partial charge in [0.05, 0.1) is 0 Å². The maximum absolute atomic E-state index is 10.3. The van der Waals surface area contributed by atoms with Crippen LogP contribution < -0.4 is 0 Å². The first kappa shape index (κ1) is 18.6. The molecule has 0 aromatic heterocycles. The van der Waals surface area contributed by atoms with E-state index >= 15 is 0 Å². The molecule has 0 aromatic rings. The van der Waals surface area contributed by atoms with E-state index < -0.39 is 22.6 Å². The van der Waals surface area contributed by atoms with Crippen LogP contribution >= 0.6 is 0 Å². The van der Waals surface area contributed by atoms with Gasteiger partial charge >= 0.3 is 61.0 Å². The second kappa shape index (κ2) is 8.50. The zero-order valence-corrected chi connectivity index (χ0v) is 10.5. The van der Waals surface area contributed by atoms with Crippen molar-refractivity contribution < 1.29 is 35.1 Å². The summed E-state index contributed by atoms with van der Waals surface area (Å²) in [6, 6.07) is 0. The topological polar surface area (TPSA) is 80.3 Å². The monoisotopic (exact) mass is 334 g/mol. The van der Waals surface area contributed by atoms with E-state index in [1.54, 1.807) is 0 Å². The van der Waals surface area contributed by atoms with Crippen molar-refractivity contribution in [2.45, 2.75) is 0 Å². The van der Waals surface area contributed by atoms with Gasteiger partial charge in [0.1, 0.15) is 0 Å². The molecule has 0 fully saturated rings. The Morgan fingerprint density at radius 1 is 0.917 bits per heavy atom. The van der Waals surface area contributed by atoms with Crippen LogP contribution in [0.15, 0.2) is 12.2 Å². The molecule has 0 aliphatic carbocycles. The van der Waals surface area contributed by atoms with Crippen LogP contribution in [-0.2, 0) is 10.4 Å². The Kier molecular flexibility index (Phi) is 13.2. The Morgan fingerprint density at radius 2 is 1.00 bits per heavy atom. The molecule has 0 saturated carbocycles. The van der Waals surface area contributed by atoms with Gasteiger partial charge in [0.2, 0.25) is 0 Å². The largest absolute Gasteiger partial charge is 2.00 e. The van der Waals surface area contributed by atoms with Crippen LogP contribution in [-0.4, -0.2) is 66.4 Å². The van der Waals surface area contributed by atoms with E-state index in [0.29, 0.717) is 0 Å². The predicted octanol–water partition coefficient (Wildman–Crippen LogP) is 0.272. The van der Waals surface area contributed by atoms with Gasteiger partial charge in [-0.2, -0.15) is 17.6 Å². The van der Waals surface area contributed by atoms with Gasteiger partial charge in [-0.05, 0) is 0 Å². The van der Waals surface area contributed by atoms with Crippen molar-refractivity contribution in [2.75, 3.05) is 0 Å². The summed E-state index contributed by atoms with van der Waals surface area (Å²) in [4.78, 5) is 0. The summed E-state index contributed by atoms with van der Waals surface area (Å²) in [7, 11) is -5.17. The van der Waals surface area contributed by atoms with Crippen molar-refractivity contribution in [1.29, 1.82) is 0 Å². The summed E-state index contributed by atoms with van der Waals surface area (Å²) in [6.07, 6.45) is -5.81. The molecular weight excluding hydrogens is 333 g/mol. The number of hydrogen-bond acceptors (Lipinski definition) is 4. The summed E-state index contributed by atoms with van der Waals surface area (Å²) >= 11 is 0. The fourth-order valence-corrected chi connectivity index (χ4v) is 0. The Morgan fingerprint density at radius 3 is 1.00 bits per heavy atom. The molecule has 0 amide bonds. The maximum atomic E-state index is 10.3. The molecule has 0 spiro atoms. The first-order valence-corrected chi connectivity index (χ1v) is 3.01. The van der Waals surface area contributed by atoms with Crippen molar-refractivity contribution in [3.63, 3.8) is 0 Å². The van der Waals surface area contributed by atoms with Crippen molar-refractivity contribution in [1.82, 2.24) is 0 Å². The molecule has 0 unspecified atom stereocenters. The van der Waals surface area contributed by atoms with Crippen LogP contribution in [0.4, 0.5) is 17.6 Å². The molecule has 0 N–H and O–H groups in total. The molecule has 68 valence electrons. The number of hydrogen-bond donors (Lipinski definition) is 0. The molecule has 0 aliphatic heterocycles. The van der Waals surface area contributed by atoms with Crippen LogP contribution in [0, 0.1) is 0 Å². The van der Waals surface area contributed by atoms with Crippen LogP contribution in [0.2, 0.25) is 0 Å². The average Bonchev–Trinajstić information content (AvgIpc) is 1.59. The van der Waals surface area contributed by atoms with E-state index in [-0.39, 0.29) is 48.9 Å². The fraction of sp³-hybridized carbons (Fsp3) is 0. The van der Waals surface area contributed by atoms with Gasteiger partial charge < -0.3 is 9.11 Å². The van der Waals surface area contributed by atoms with E-state index in [2.05, 4.69) is 0 Å². The maximum Gasteiger partial charge on any atom is 2.00 e. The average molecular weight is 333 g/mol. The zero-order chi connectivity index (χ0) is 9.65. The van der Waals surface area contributed by atoms with E-state index in [0.717, 1.165) is 0 Å². The molecule has 4 nitrogen and oxygen atoms in total. The van der Waals surface area contributed by atoms with Crippen molar-refractivity contribution in [2.24, 2.45) is 0 Å². The van der Waals surface area contributed by atoms with E-state index in [4.69, 9.17) is 17.5 Å². The predicted molar refractivity (Wildman–Crippen MR) is 27.7 cm³/mol. The Hall–Kier alpha value is 0.901. The molecule has 0 radical (unpaired) electrons. The summed E-state index contributed by atoms with van der Waals surface area (Å²) < 4.78 is 75.2. The van der Waals surface area contributed by atoms with E-state index in [1.165, 1.54) is 0 Å². The SMILES string of the molecule is FC(F)=C(F)F.O=S(=O)([O-])[O-].[Ba+2]. The molecule has 0 aromatic carbocycles. The molecule has 10 heteroatoms. The van der Waals surface area contributed by atoms with Gasteiger partial charge in [0, 0.05) is 10.4 Å². The standard InChI is InChI=1S/C2F4.Ba.H2O4S/c3-1(4)2(5)6;;1-5(2,3)4/h;;(H2,1,2,3,4)/q;+2;/p-2. The first-order chi connectivity index (χ1) is 4.64. The minimum Gasteiger partial charge on any atom is -0.759 e. The zero-order valence-electron chi connectivity index (χ0n) is 5.26.